The summed E-state index contributed by atoms with van der Waals surface area (Å²) < 4.78 is 5.16. The monoisotopic (exact) mass is 550 g/mol. The molecular formula is C29H39ClN8O. The topological polar surface area (TPSA) is 96.3 Å². The van der Waals surface area contributed by atoms with Gasteiger partial charge in [0.05, 0.1) is 23.0 Å². The number of nitriles is 1. The van der Waals surface area contributed by atoms with Crippen molar-refractivity contribution in [2.45, 2.75) is 38.1 Å². The van der Waals surface area contributed by atoms with Crippen molar-refractivity contribution >= 4 is 34.1 Å². The third kappa shape index (κ3) is 7.00. The first-order valence-corrected chi connectivity index (χ1v) is 14.5. The number of piperazine rings is 1. The molecule has 2 N–H and O–H groups in total. The first kappa shape index (κ1) is 27.7. The molecule has 0 atom stereocenters. The van der Waals surface area contributed by atoms with E-state index in [0.717, 1.165) is 101 Å². The SMILES string of the molecule is COCCCCN1CCN(c2ccc(-c3nc4ncc(Cl)c(NC5CCN(CCC#N)CC5)c4[nH]3)cc2)CC1. The number of H-pyrrole nitrogens is 1. The van der Waals surface area contributed by atoms with Crippen LogP contribution >= 0.6 is 11.6 Å². The molecule has 0 aliphatic carbocycles. The molecule has 2 saturated heterocycles. The van der Waals surface area contributed by atoms with E-state index in [1.54, 1.807) is 13.3 Å². The summed E-state index contributed by atoms with van der Waals surface area (Å²) in [6, 6.07) is 11.2. The van der Waals surface area contributed by atoms with Crippen molar-refractivity contribution in [3.05, 3.63) is 35.5 Å². The molecule has 208 valence electrons. The van der Waals surface area contributed by atoms with Crippen LogP contribution in [0.15, 0.2) is 30.5 Å². The lowest BCUT2D eigenvalue weighted by molar-refractivity contribution is 0.182. The highest BCUT2D eigenvalue weighted by Crippen LogP contribution is 2.32. The van der Waals surface area contributed by atoms with E-state index >= 15 is 0 Å². The molecule has 1 aromatic carbocycles. The van der Waals surface area contributed by atoms with E-state index in [2.05, 4.69) is 60.3 Å². The summed E-state index contributed by atoms with van der Waals surface area (Å²) in [6.45, 7) is 9.09. The van der Waals surface area contributed by atoms with Crippen molar-refractivity contribution in [2.75, 3.05) is 76.3 Å². The fraction of sp³-hybridized carbons (Fsp3) is 0.552. The predicted molar refractivity (Wildman–Crippen MR) is 157 cm³/mol. The highest BCUT2D eigenvalue weighted by Gasteiger charge is 2.22. The zero-order chi connectivity index (χ0) is 27.0. The average molecular weight is 551 g/mol. The van der Waals surface area contributed by atoms with E-state index in [1.165, 1.54) is 12.1 Å². The number of halogens is 1. The maximum atomic E-state index is 8.85. The fourth-order valence-corrected chi connectivity index (χ4v) is 5.76. The average Bonchev–Trinajstić information content (AvgIpc) is 3.42. The van der Waals surface area contributed by atoms with Gasteiger partial charge in [0, 0.05) is 83.2 Å². The molecule has 0 saturated carbocycles. The van der Waals surface area contributed by atoms with Crippen LogP contribution < -0.4 is 10.2 Å². The van der Waals surface area contributed by atoms with E-state index < -0.39 is 0 Å². The van der Waals surface area contributed by atoms with Gasteiger partial charge in [-0.2, -0.15) is 5.26 Å². The summed E-state index contributed by atoms with van der Waals surface area (Å²) in [6.07, 6.45) is 6.60. The Hall–Kier alpha value is -2.90. The number of unbranched alkanes of at least 4 members (excludes halogenated alkanes) is 1. The van der Waals surface area contributed by atoms with E-state index in [4.69, 9.17) is 26.6 Å². The molecule has 10 heteroatoms. The van der Waals surface area contributed by atoms with Crippen molar-refractivity contribution in [3.63, 3.8) is 0 Å². The van der Waals surface area contributed by atoms with Crippen LogP contribution in [0.25, 0.3) is 22.6 Å². The molecule has 2 fully saturated rings. The van der Waals surface area contributed by atoms with Crippen molar-refractivity contribution < 1.29 is 4.74 Å². The Morgan fingerprint density at radius 3 is 2.51 bits per heavy atom. The minimum atomic E-state index is 0.322. The van der Waals surface area contributed by atoms with E-state index in [1.807, 2.05) is 0 Å². The number of aromatic amines is 1. The Labute approximate surface area is 236 Å². The van der Waals surface area contributed by atoms with E-state index in [9.17, 15) is 0 Å². The van der Waals surface area contributed by atoms with Crippen LogP contribution in [-0.2, 0) is 4.74 Å². The van der Waals surface area contributed by atoms with Crippen LogP contribution in [-0.4, -0.2) is 96.9 Å². The number of hydrogen-bond donors (Lipinski definition) is 2. The van der Waals surface area contributed by atoms with Crippen molar-refractivity contribution in [1.29, 1.82) is 5.26 Å². The lowest BCUT2D eigenvalue weighted by Crippen LogP contribution is -2.46. The van der Waals surface area contributed by atoms with Gasteiger partial charge < -0.3 is 24.8 Å². The number of imidazole rings is 1. The van der Waals surface area contributed by atoms with Gasteiger partial charge in [0.25, 0.3) is 0 Å². The van der Waals surface area contributed by atoms with Crippen molar-refractivity contribution in [2.24, 2.45) is 0 Å². The zero-order valence-electron chi connectivity index (χ0n) is 22.8. The second-order valence-corrected chi connectivity index (χ2v) is 10.9. The number of rotatable bonds is 11. The van der Waals surface area contributed by atoms with Crippen LogP contribution in [0.1, 0.15) is 32.1 Å². The molecule has 5 rings (SSSR count). The minimum absolute atomic E-state index is 0.322. The number of likely N-dealkylation sites (tertiary alicyclic amines) is 1. The van der Waals surface area contributed by atoms with Gasteiger partial charge >= 0.3 is 0 Å². The number of aromatic nitrogens is 3. The number of methoxy groups -OCH3 is 1. The maximum absolute atomic E-state index is 8.85. The number of anilines is 2. The highest BCUT2D eigenvalue weighted by atomic mass is 35.5. The molecule has 2 aromatic heterocycles. The predicted octanol–water partition coefficient (Wildman–Crippen LogP) is 4.62. The molecule has 0 radical (unpaired) electrons. The molecule has 2 aliphatic rings. The number of benzene rings is 1. The molecule has 0 spiro atoms. The number of fused-ring (bicyclic) bond motifs is 1. The van der Waals surface area contributed by atoms with Gasteiger partial charge in [0.1, 0.15) is 11.3 Å². The largest absolute Gasteiger partial charge is 0.385 e. The second kappa shape index (κ2) is 13.4. The van der Waals surface area contributed by atoms with Crippen LogP contribution in [0.4, 0.5) is 11.4 Å². The molecule has 39 heavy (non-hydrogen) atoms. The smallest absolute Gasteiger partial charge is 0.180 e. The second-order valence-electron chi connectivity index (χ2n) is 10.5. The molecule has 0 amide bonds. The Balaban J connectivity index is 1.21. The first-order chi connectivity index (χ1) is 19.1. The van der Waals surface area contributed by atoms with Crippen molar-refractivity contribution in [1.82, 2.24) is 24.8 Å². The summed E-state index contributed by atoms with van der Waals surface area (Å²) in [5, 5.41) is 13.1. The first-order valence-electron chi connectivity index (χ1n) is 14.1. The van der Waals surface area contributed by atoms with Crippen LogP contribution in [0, 0.1) is 11.3 Å². The van der Waals surface area contributed by atoms with Gasteiger partial charge in [-0.1, -0.05) is 11.6 Å². The third-order valence-electron chi connectivity index (χ3n) is 7.90. The molecule has 9 nitrogen and oxygen atoms in total. The van der Waals surface area contributed by atoms with Crippen molar-refractivity contribution in [3.8, 4) is 17.5 Å². The summed E-state index contributed by atoms with van der Waals surface area (Å²) >= 11 is 6.60. The van der Waals surface area contributed by atoms with Gasteiger partial charge in [0.15, 0.2) is 5.65 Å². The van der Waals surface area contributed by atoms with Gasteiger partial charge in [-0.25, -0.2) is 9.97 Å². The number of hydrogen-bond acceptors (Lipinski definition) is 8. The van der Waals surface area contributed by atoms with E-state index in [-0.39, 0.29) is 0 Å². The normalized spacial score (nSPS) is 17.5. The molecule has 0 bridgehead atoms. The summed E-state index contributed by atoms with van der Waals surface area (Å²) in [4.78, 5) is 20.1. The number of nitrogens with one attached hydrogen (secondary N) is 2. The number of pyridine rings is 1. The molecule has 0 unspecified atom stereocenters. The summed E-state index contributed by atoms with van der Waals surface area (Å²) in [5.41, 5.74) is 4.65. The number of piperidine rings is 1. The Morgan fingerprint density at radius 2 is 1.79 bits per heavy atom. The van der Waals surface area contributed by atoms with Gasteiger partial charge in [-0.05, 0) is 56.5 Å². The highest BCUT2D eigenvalue weighted by molar-refractivity contribution is 6.34. The molecule has 2 aliphatic heterocycles. The fourth-order valence-electron chi connectivity index (χ4n) is 5.57. The minimum Gasteiger partial charge on any atom is -0.385 e. The Bertz CT molecular complexity index is 1240. The van der Waals surface area contributed by atoms with Gasteiger partial charge in [0.2, 0.25) is 0 Å². The Morgan fingerprint density at radius 1 is 1.05 bits per heavy atom. The Kier molecular flexibility index (Phi) is 9.53. The standard InChI is InChI=1S/C29H39ClN8O/c1-39-20-3-2-12-37-16-18-38(19-17-37)24-7-5-22(6-8-24)28-34-27-26(25(30)21-32-29(27)35-28)33-23-9-14-36(15-10-23)13-4-11-31/h5-8,21,23H,2-4,9-10,12-20H2,1H3,(H2,32,33,34,35). The lowest BCUT2D eigenvalue weighted by atomic mass is 10.0. The quantitative estimate of drug-likeness (QED) is 0.334. The number of nitrogens with zero attached hydrogens (tertiary/aromatic N) is 6. The molecule has 3 aromatic rings. The zero-order valence-corrected chi connectivity index (χ0v) is 23.6. The molecule has 4 heterocycles. The summed E-state index contributed by atoms with van der Waals surface area (Å²) in [5.74, 6) is 0.793. The lowest BCUT2D eigenvalue weighted by Gasteiger charge is -2.36. The van der Waals surface area contributed by atoms with E-state index in [0.29, 0.717) is 23.1 Å². The van der Waals surface area contributed by atoms with Gasteiger partial charge in [-0.15, -0.1) is 0 Å². The maximum Gasteiger partial charge on any atom is 0.180 e. The van der Waals surface area contributed by atoms with Crippen LogP contribution in [0.2, 0.25) is 5.02 Å². The number of ether oxygens (including phenoxy) is 1. The summed E-state index contributed by atoms with van der Waals surface area (Å²) in [7, 11) is 1.77. The van der Waals surface area contributed by atoms with Crippen LogP contribution in [0.5, 0.6) is 0 Å². The molecular weight excluding hydrogens is 512 g/mol. The van der Waals surface area contributed by atoms with Gasteiger partial charge in [-0.3, -0.25) is 4.90 Å². The third-order valence-corrected chi connectivity index (χ3v) is 8.19. The van der Waals surface area contributed by atoms with Crippen LogP contribution in [0.3, 0.4) is 0 Å².